The summed E-state index contributed by atoms with van der Waals surface area (Å²) < 4.78 is 0. The van der Waals surface area contributed by atoms with E-state index in [9.17, 15) is 14.9 Å². The Morgan fingerprint density at radius 1 is 1.40 bits per heavy atom. The van der Waals surface area contributed by atoms with Crippen molar-refractivity contribution < 1.29 is 14.8 Å². The summed E-state index contributed by atoms with van der Waals surface area (Å²) in [7, 11) is 0. The van der Waals surface area contributed by atoms with Crippen molar-refractivity contribution in [1.82, 2.24) is 4.98 Å². The number of anilines is 1. The summed E-state index contributed by atoms with van der Waals surface area (Å²) in [5, 5.41) is 22.9. The molecule has 7 heteroatoms. The van der Waals surface area contributed by atoms with Crippen LogP contribution in [0.25, 0.3) is 0 Å². The molecular formula is C13H17N3O4. The van der Waals surface area contributed by atoms with Gasteiger partial charge in [-0.15, -0.1) is 0 Å². The smallest absolute Gasteiger partial charge is 0.363 e. The standard InChI is InChI=1S/C13H17N3O4/c17-12(18)8-13(6-2-1-3-7-13)15-10-4-5-11(14-9-10)16(19)20/h4-5,9,15H,1-3,6-8H2,(H,17,18). The summed E-state index contributed by atoms with van der Waals surface area (Å²) in [6.07, 6.45) is 6.09. The SMILES string of the molecule is O=C(O)CC1(Nc2ccc([N+](=O)[O-])nc2)CCCCC1. The molecule has 1 aromatic rings. The molecule has 0 spiro atoms. The van der Waals surface area contributed by atoms with Crippen LogP contribution in [0.1, 0.15) is 38.5 Å². The number of nitrogens with zero attached hydrogens (tertiary/aromatic N) is 2. The van der Waals surface area contributed by atoms with Gasteiger partial charge in [0.25, 0.3) is 0 Å². The van der Waals surface area contributed by atoms with Gasteiger partial charge in [0.2, 0.25) is 0 Å². The zero-order valence-electron chi connectivity index (χ0n) is 11.0. The normalized spacial score (nSPS) is 17.4. The van der Waals surface area contributed by atoms with Crippen LogP contribution in [0, 0.1) is 10.1 Å². The minimum atomic E-state index is -0.839. The van der Waals surface area contributed by atoms with E-state index < -0.39 is 16.4 Å². The third-order valence-electron chi connectivity index (χ3n) is 3.64. The van der Waals surface area contributed by atoms with Gasteiger partial charge in [0, 0.05) is 11.6 Å². The van der Waals surface area contributed by atoms with Gasteiger partial charge < -0.3 is 20.5 Å². The molecule has 20 heavy (non-hydrogen) atoms. The topological polar surface area (TPSA) is 105 Å². The number of aromatic nitrogens is 1. The molecule has 0 atom stereocenters. The maximum Gasteiger partial charge on any atom is 0.363 e. The van der Waals surface area contributed by atoms with Gasteiger partial charge in [0.15, 0.2) is 6.20 Å². The van der Waals surface area contributed by atoms with E-state index in [4.69, 9.17) is 5.11 Å². The van der Waals surface area contributed by atoms with E-state index in [1.165, 1.54) is 12.3 Å². The number of carbonyl (C=O) groups is 1. The van der Waals surface area contributed by atoms with Crippen LogP contribution >= 0.6 is 0 Å². The molecule has 1 aromatic heterocycles. The van der Waals surface area contributed by atoms with Crippen LogP contribution in [-0.2, 0) is 4.79 Å². The average molecular weight is 279 g/mol. The van der Waals surface area contributed by atoms with Crippen molar-refractivity contribution in [2.24, 2.45) is 0 Å². The van der Waals surface area contributed by atoms with Crippen LogP contribution in [0.3, 0.4) is 0 Å². The number of rotatable bonds is 5. The molecule has 2 rings (SSSR count). The Morgan fingerprint density at radius 3 is 2.60 bits per heavy atom. The summed E-state index contributed by atoms with van der Waals surface area (Å²) in [5.41, 5.74) is 0.154. The van der Waals surface area contributed by atoms with Crippen molar-refractivity contribution in [3.8, 4) is 0 Å². The summed E-state index contributed by atoms with van der Waals surface area (Å²) >= 11 is 0. The summed E-state index contributed by atoms with van der Waals surface area (Å²) in [6, 6.07) is 2.89. The molecule has 1 fully saturated rings. The molecule has 0 aliphatic heterocycles. The Balaban J connectivity index is 2.14. The molecule has 0 amide bonds. The highest BCUT2D eigenvalue weighted by atomic mass is 16.6. The van der Waals surface area contributed by atoms with Gasteiger partial charge in [0.05, 0.1) is 12.1 Å². The second-order valence-corrected chi connectivity index (χ2v) is 5.20. The maximum atomic E-state index is 11.1. The lowest BCUT2D eigenvalue weighted by atomic mass is 9.79. The molecule has 2 N–H and O–H groups in total. The summed E-state index contributed by atoms with van der Waals surface area (Å²) in [5.74, 6) is -1.05. The first-order valence-electron chi connectivity index (χ1n) is 6.61. The van der Waals surface area contributed by atoms with Crippen LogP contribution in [0.4, 0.5) is 11.5 Å². The molecule has 0 unspecified atom stereocenters. The van der Waals surface area contributed by atoms with Gasteiger partial charge in [-0.05, 0) is 28.8 Å². The number of pyridine rings is 1. The molecule has 0 saturated heterocycles. The van der Waals surface area contributed by atoms with Crippen LogP contribution in [0.5, 0.6) is 0 Å². The number of hydrogen-bond donors (Lipinski definition) is 2. The van der Waals surface area contributed by atoms with E-state index in [1.807, 2.05) is 0 Å². The van der Waals surface area contributed by atoms with Crippen LogP contribution in [-0.4, -0.2) is 26.5 Å². The van der Waals surface area contributed by atoms with Crippen molar-refractivity contribution in [3.05, 3.63) is 28.4 Å². The number of nitro groups is 1. The number of nitrogens with one attached hydrogen (secondary N) is 1. The van der Waals surface area contributed by atoms with E-state index in [0.29, 0.717) is 5.69 Å². The van der Waals surface area contributed by atoms with Gasteiger partial charge >= 0.3 is 11.8 Å². The van der Waals surface area contributed by atoms with Gasteiger partial charge in [-0.3, -0.25) is 4.79 Å². The van der Waals surface area contributed by atoms with Crippen LogP contribution < -0.4 is 5.32 Å². The number of hydrogen-bond acceptors (Lipinski definition) is 5. The third-order valence-corrected chi connectivity index (χ3v) is 3.64. The minimum Gasteiger partial charge on any atom is -0.481 e. The predicted octanol–water partition coefficient (Wildman–Crippen LogP) is 2.58. The lowest BCUT2D eigenvalue weighted by molar-refractivity contribution is -0.389. The molecule has 108 valence electrons. The largest absolute Gasteiger partial charge is 0.481 e. The molecule has 0 radical (unpaired) electrons. The number of carboxylic acid groups (broad SMARTS) is 1. The zero-order chi connectivity index (χ0) is 14.6. The number of carboxylic acids is 1. The highest BCUT2D eigenvalue weighted by Crippen LogP contribution is 2.34. The van der Waals surface area contributed by atoms with Gasteiger partial charge in [-0.1, -0.05) is 19.3 Å². The fraction of sp³-hybridized carbons (Fsp3) is 0.538. The second kappa shape index (κ2) is 5.85. The zero-order valence-corrected chi connectivity index (χ0v) is 11.0. The Bertz CT molecular complexity index is 495. The van der Waals surface area contributed by atoms with Crippen LogP contribution in [0.15, 0.2) is 18.3 Å². The molecule has 7 nitrogen and oxygen atoms in total. The average Bonchev–Trinajstić information content (AvgIpc) is 2.39. The van der Waals surface area contributed by atoms with Crippen LogP contribution in [0.2, 0.25) is 0 Å². The molecule has 0 aromatic carbocycles. The molecule has 1 aliphatic rings. The van der Waals surface area contributed by atoms with E-state index in [1.54, 1.807) is 6.07 Å². The fourth-order valence-corrected chi connectivity index (χ4v) is 2.74. The third kappa shape index (κ3) is 3.43. The highest BCUT2D eigenvalue weighted by Gasteiger charge is 2.34. The van der Waals surface area contributed by atoms with Gasteiger partial charge in [0.1, 0.15) is 0 Å². The summed E-state index contributed by atoms with van der Waals surface area (Å²) in [6.45, 7) is 0. The van der Waals surface area contributed by atoms with Gasteiger partial charge in [-0.25, -0.2) is 0 Å². The quantitative estimate of drug-likeness (QED) is 0.634. The Hall–Kier alpha value is -2.18. The monoisotopic (exact) mass is 279 g/mol. The van der Waals surface area contributed by atoms with E-state index in [-0.39, 0.29) is 12.2 Å². The Labute approximate surface area is 116 Å². The van der Waals surface area contributed by atoms with Crippen molar-refractivity contribution in [2.75, 3.05) is 5.32 Å². The van der Waals surface area contributed by atoms with E-state index >= 15 is 0 Å². The lowest BCUT2D eigenvalue weighted by Crippen LogP contribution is -2.42. The fourth-order valence-electron chi connectivity index (χ4n) is 2.74. The van der Waals surface area contributed by atoms with Gasteiger partial charge in [-0.2, -0.15) is 0 Å². The van der Waals surface area contributed by atoms with E-state index in [0.717, 1.165) is 32.1 Å². The molecular weight excluding hydrogens is 262 g/mol. The molecule has 1 heterocycles. The van der Waals surface area contributed by atoms with Crippen molar-refractivity contribution in [1.29, 1.82) is 0 Å². The Morgan fingerprint density at radius 2 is 2.10 bits per heavy atom. The minimum absolute atomic E-state index is 0.0456. The molecule has 1 saturated carbocycles. The van der Waals surface area contributed by atoms with Crippen molar-refractivity contribution in [2.45, 2.75) is 44.1 Å². The highest BCUT2D eigenvalue weighted by molar-refractivity contribution is 5.69. The summed E-state index contributed by atoms with van der Waals surface area (Å²) in [4.78, 5) is 24.8. The predicted molar refractivity (Wildman–Crippen MR) is 72.6 cm³/mol. The lowest BCUT2D eigenvalue weighted by Gasteiger charge is -2.37. The van der Waals surface area contributed by atoms with Crippen molar-refractivity contribution in [3.63, 3.8) is 0 Å². The first-order chi connectivity index (χ1) is 9.51. The number of aliphatic carboxylic acids is 1. The maximum absolute atomic E-state index is 11.1. The molecule has 0 bridgehead atoms. The molecule has 1 aliphatic carbocycles. The van der Waals surface area contributed by atoms with Crippen molar-refractivity contribution >= 4 is 17.5 Å². The van der Waals surface area contributed by atoms with E-state index in [2.05, 4.69) is 10.3 Å². The second-order valence-electron chi connectivity index (χ2n) is 5.20. The first-order valence-corrected chi connectivity index (χ1v) is 6.61. The first kappa shape index (κ1) is 14.2. The Kier molecular flexibility index (Phi) is 4.16.